The Kier molecular flexibility index (Phi) is 34.4. The number of likely N-dealkylation sites (N-methyl/N-ethyl adjacent to an activating group) is 7. The van der Waals surface area contributed by atoms with Crippen LogP contribution in [0.2, 0.25) is 5.02 Å². The molecule has 3 saturated heterocycles. The Morgan fingerprint density at radius 2 is 1.21 bits per heavy atom. The lowest BCUT2D eigenvalue weighted by Gasteiger charge is -2.41. The Bertz CT molecular complexity index is 3210. The van der Waals surface area contributed by atoms with Gasteiger partial charge in [-0.15, -0.1) is 0 Å². The molecular weight excluding hydrogens is 1420 g/mol. The molecule has 602 valence electrons. The van der Waals surface area contributed by atoms with Crippen molar-refractivity contribution in [2.45, 2.75) is 230 Å². The minimum atomic E-state index is -4.79. The fraction of sp³-hybridized carbons (Fsp3) is 0.763. The zero-order valence-electron chi connectivity index (χ0n) is 64.9. The molecule has 0 bridgehead atoms. The molecule has 12 amide bonds. The second-order valence-electron chi connectivity index (χ2n) is 31.1. The molecular formula is C76H119ClF5N13O12. The molecule has 2 saturated carbocycles. The molecule has 3 heterocycles. The highest BCUT2D eigenvalue weighted by atomic mass is 35.5. The predicted molar refractivity (Wildman–Crippen MR) is 394 cm³/mol. The Morgan fingerprint density at radius 1 is 0.607 bits per heavy atom. The molecule has 0 unspecified atom stereocenters. The molecule has 7 atom stereocenters. The monoisotopic (exact) mass is 1540 g/mol. The van der Waals surface area contributed by atoms with Gasteiger partial charge in [-0.2, -0.15) is 13.2 Å². The van der Waals surface area contributed by atoms with Crippen molar-refractivity contribution in [1.82, 2.24) is 64.9 Å². The number of benzene rings is 1. The third kappa shape index (κ3) is 26.2. The summed E-state index contributed by atoms with van der Waals surface area (Å²) in [5.74, 6) is -11.7. The Balaban J connectivity index is 1.37. The topological polar surface area (TPSA) is 273 Å². The van der Waals surface area contributed by atoms with Gasteiger partial charge in [0.15, 0.2) is 0 Å². The van der Waals surface area contributed by atoms with Crippen molar-refractivity contribution in [2.75, 3.05) is 121 Å². The first-order valence-corrected chi connectivity index (χ1v) is 39.0. The van der Waals surface area contributed by atoms with Gasteiger partial charge in [0.05, 0.1) is 43.2 Å². The summed E-state index contributed by atoms with van der Waals surface area (Å²) in [4.78, 5) is 190. The molecule has 2 aliphatic carbocycles. The summed E-state index contributed by atoms with van der Waals surface area (Å²) in [6.45, 7) is 5.41. The summed E-state index contributed by atoms with van der Waals surface area (Å²) in [5, 5.41) is 7.79. The van der Waals surface area contributed by atoms with E-state index in [2.05, 4.69) is 16.0 Å². The quantitative estimate of drug-likeness (QED) is 0.161. The zero-order chi connectivity index (χ0) is 79.2. The average Bonchev–Trinajstić information content (AvgIpc) is 0.800. The number of likely N-dealkylation sites (tertiary alicyclic amines) is 2. The van der Waals surface area contributed by atoms with Crippen LogP contribution in [0.5, 0.6) is 0 Å². The lowest BCUT2D eigenvalue weighted by atomic mass is 9.82. The highest BCUT2D eigenvalue weighted by molar-refractivity contribution is 6.31. The summed E-state index contributed by atoms with van der Waals surface area (Å²) < 4.78 is 70.5. The number of amides is 12. The van der Waals surface area contributed by atoms with Crippen LogP contribution in [0, 0.1) is 23.7 Å². The predicted octanol–water partition coefficient (Wildman–Crippen LogP) is 6.85. The van der Waals surface area contributed by atoms with Gasteiger partial charge in [-0.05, 0) is 112 Å². The van der Waals surface area contributed by atoms with E-state index in [0.29, 0.717) is 45.2 Å². The zero-order valence-corrected chi connectivity index (χ0v) is 65.6. The van der Waals surface area contributed by atoms with Gasteiger partial charge in [0.2, 0.25) is 70.9 Å². The van der Waals surface area contributed by atoms with Gasteiger partial charge in [-0.25, -0.2) is 8.78 Å². The summed E-state index contributed by atoms with van der Waals surface area (Å²) in [6, 6.07) is -4.45. The van der Waals surface area contributed by atoms with Crippen molar-refractivity contribution >= 4 is 82.5 Å². The van der Waals surface area contributed by atoms with E-state index in [4.69, 9.17) is 11.6 Å². The van der Waals surface area contributed by atoms with Crippen molar-refractivity contribution in [3.63, 3.8) is 0 Å². The van der Waals surface area contributed by atoms with E-state index < -0.39 is 181 Å². The first-order valence-electron chi connectivity index (χ1n) is 38.6. The van der Waals surface area contributed by atoms with Gasteiger partial charge < -0.3 is 64.9 Å². The molecule has 31 heteroatoms. The van der Waals surface area contributed by atoms with Gasteiger partial charge in [-0.1, -0.05) is 103 Å². The van der Waals surface area contributed by atoms with Crippen molar-refractivity contribution in [3.05, 3.63) is 34.3 Å². The molecule has 25 nitrogen and oxygen atoms in total. The van der Waals surface area contributed by atoms with Crippen LogP contribution in [0.4, 0.5) is 22.0 Å². The fourth-order valence-corrected chi connectivity index (χ4v) is 15.5. The lowest BCUT2D eigenvalue weighted by Crippen LogP contribution is -2.60. The molecule has 6 rings (SSSR count). The van der Waals surface area contributed by atoms with E-state index in [1.807, 2.05) is 20.8 Å². The number of aryl methyl sites for hydroxylation is 1. The van der Waals surface area contributed by atoms with Gasteiger partial charge >= 0.3 is 6.18 Å². The highest BCUT2D eigenvalue weighted by Crippen LogP contribution is 2.37. The number of carbonyl (C=O) groups excluding carboxylic acids is 12. The molecule has 3 aliphatic heterocycles. The van der Waals surface area contributed by atoms with E-state index in [0.717, 1.165) is 89.5 Å². The average molecular weight is 1540 g/mol. The van der Waals surface area contributed by atoms with Crippen LogP contribution >= 0.6 is 11.6 Å². The largest absolute Gasteiger partial charge is 0.417 e. The third-order valence-electron chi connectivity index (χ3n) is 22.4. The van der Waals surface area contributed by atoms with Gasteiger partial charge in [-0.3, -0.25) is 57.5 Å². The number of carbonyl (C=O) groups is 12. The number of halogens is 6. The van der Waals surface area contributed by atoms with Gasteiger partial charge in [0.25, 0.3) is 5.92 Å². The van der Waals surface area contributed by atoms with E-state index in [9.17, 15) is 69.9 Å². The molecule has 1 aromatic carbocycles. The second kappa shape index (κ2) is 41.5. The number of hydrogen-bond acceptors (Lipinski definition) is 13. The minimum Gasteiger partial charge on any atom is -0.355 e. The molecule has 1 aromatic rings. The molecule has 5 fully saturated rings. The lowest BCUT2D eigenvalue weighted by molar-refractivity contribution is -0.155. The Morgan fingerprint density at radius 3 is 1.81 bits per heavy atom. The smallest absolute Gasteiger partial charge is 0.355 e. The SMILES string of the molecule is CC[C@H](C)[C@@H]1NC(=O)[C@H](CC(C)C)N(C)C(=O)C[C@@H](C(=O)N2CCCCC2)N(C)C(=O)[C@H](C2CCCCC2)N(C)C(=O)CCCCNC(=O)CN(CCN2CCC(F)(F)CC2)C(=O)[C@H](CCc2ccc(C(F)(F)F)c(Cl)c2)NC(=O)CN(C)C(=O)[C@H](CC2CCCCC2)N(C)C(=O)CN(C)C(=O)CN(C)C1=O. The number of piperidine rings is 2. The molecule has 107 heavy (non-hydrogen) atoms. The Labute approximate surface area is 633 Å². The van der Waals surface area contributed by atoms with E-state index in [1.54, 1.807) is 16.7 Å². The van der Waals surface area contributed by atoms with Crippen LogP contribution in [0.3, 0.4) is 0 Å². The fourth-order valence-electron chi connectivity index (χ4n) is 15.2. The maximum Gasteiger partial charge on any atom is 0.417 e. The van der Waals surface area contributed by atoms with Crippen LogP contribution in [-0.4, -0.2) is 283 Å². The summed E-state index contributed by atoms with van der Waals surface area (Å²) in [7, 11) is 9.93. The first-order chi connectivity index (χ1) is 50.4. The summed E-state index contributed by atoms with van der Waals surface area (Å²) >= 11 is 6.14. The van der Waals surface area contributed by atoms with E-state index in [-0.39, 0.29) is 101 Å². The van der Waals surface area contributed by atoms with E-state index in [1.165, 1.54) is 75.0 Å². The van der Waals surface area contributed by atoms with Crippen molar-refractivity contribution in [2.24, 2.45) is 23.7 Å². The Hall–Kier alpha value is -7.24. The van der Waals surface area contributed by atoms with Crippen LogP contribution in [0.15, 0.2) is 18.2 Å². The third-order valence-corrected chi connectivity index (χ3v) is 22.7. The minimum absolute atomic E-state index is 0.00426. The second-order valence-corrected chi connectivity index (χ2v) is 31.5. The molecule has 0 spiro atoms. The van der Waals surface area contributed by atoms with Crippen LogP contribution in [0.1, 0.15) is 187 Å². The van der Waals surface area contributed by atoms with Crippen molar-refractivity contribution < 1.29 is 79.5 Å². The molecule has 0 aromatic heterocycles. The van der Waals surface area contributed by atoms with Gasteiger partial charge in [0.1, 0.15) is 36.3 Å². The number of nitrogens with one attached hydrogen (secondary N) is 3. The standard InChI is InChI=1S/C76H119ClF5N13O12/c1-12-51(4)67-73(106)88(7)48-65(100)86(5)49-66(101)90(9)59(44-52-24-16-13-17-25-52)71(104)87(6)46-62(97)84-57(32-30-53-29-31-55(56(77)43-53)76(80,81)82)70(103)95(41-40-93-38-33-75(78,79)34-39-93)47-61(96)83-35-21-20-28-63(98)92(11)68(54-26-18-14-19-27-54)74(107)91(10)60(72(105)94-36-22-15-23-37-94)45-64(99)89(8)58(42-50(2)3)69(102)85-67/h29,31,43,50-52,54,57-60,67-68H,12-28,30,32-42,44-49H2,1-11H3,(H,83,96)(H,84,97)(H,85,102)/t51-,57-,58-,59-,60-,67-,68-/m0/s1. The van der Waals surface area contributed by atoms with Gasteiger partial charge in [0, 0.05) is 114 Å². The van der Waals surface area contributed by atoms with Crippen LogP contribution in [0.25, 0.3) is 0 Å². The van der Waals surface area contributed by atoms with E-state index >= 15 is 9.59 Å². The number of nitrogens with zero attached hydrogens (tertiary/aromatic N) is 10. The van der Waals surface area contributed by atoms with Crippen molar-refractivity contribution in [3.8, 4) is 0 Å². The molecule has 5 aliphatic rings. The molecule has 3 N–H and O–H groups in total. The maximum atomic E-state index is 15.4. The number of rotatable bonds is 14. The molecule has 0 radical (unpaired) electrons. The number of hydrogen-bond donors (Lipinski definition) is 3. The van der Waals surface area contributed by atoms with Crippen molar-refractivity contribution in [1.29, 1.82) is 0 Å². The van der Waals surface area contributed by atoms with Crippen LogP contribution < -0.4 is 16.0 Å². The highest BCUT2D eigenvalue weighted by Gasteiger charge is 2.45. The van der Waals surface area contributed by atoms with Crippen LogP contribution in [-0.2, 0) is 70.1 Å². The maximum absolute atomic E-state index is 15.4. The first kappa shape index (κ1) is 88.7. The normalized spacial score (nSPS) is 25.5. The summed E-state index contributed by atoms with van der Waals surface area (Å²) in [5.41, 5.74) is -0.853. The number of alkyl halides is 5. The summed E-state index contributed by atoms with van der Waals surface area (Å²) in [6.07, 6.45) is 4.55.